The molecule has 0 bridgehead atoms. The van der Waals surface area contributed by atoms with E-state index < -0.39 is 11.9 Å². The van der Waals surface area contributed by atoms with Gasteiger partial charge in [-0.25, -0.2) is 0 Å². The van der Waals surface area contributed by atoms with E-state index in [0.29, 0.717) is 12.5 Å². The Morgan fingerprint density at radius 3 is 2.41 bits per heavy atom. The largest absolute Gasteiger partial charge is 0.459 e. The fraction of sp³-hybridized carbons (Fsp3) is 0.480. The summed E-state index contributed by atoms with van der Waals surface area (Å²) in [5, 5.41) is 5.77. The summed E-state index contributed by atoms with van der Waals surface area (Å²) < 4.78 is 5.10. The number of rotatable bonds is 10. The number of nitrogens with zero attached hydrogens (tertiary/aromatic N) is 1. The van der Waals surface area contributed by atoms with Crippen LogP contribution in [0.15, 0.2) is 53.1 Å². The highest BCUT2D eigenvalue weighted by molar-refractivity contribution is 5.95. The Bertz CT molecular complexity index is 874. The first-order valence-corrected chi connectivity index (χ1v) is 11.4. The van der Waals surface area contributed by atoms with Gasteiger partial charge in [-0.2, -0.15) is 0 Å². The maximum absolute atomic E-state index is 13.4. The summed E-state index contributed by atoms with van der Waals surface area (Å²) in [6.07, 6.45) is 6.30. The number of benzene rings is 1. The summed E-state index contributed by atoms with van der Waals surface area (Å²) in [5.74, 6) is -0.431. The highest BCUT2D eigenvalue weighted by Crippen LogP contribution is 2.25. The van der Waals surface area contributed by atoms with E-state index in [9.17, 15) is 14.4 Å². The quantitative estimate of drug-likeness (QED) is 0.591. The zero-order valence-electron chi connectivity index (χ0n) is 18.9. The van der Waals surface area contributed by atoms with Gasteiger partial charge in [-0.05, 0) is 42.9 Å². The lowest BCUT2D eigenvalue weighted by molar-refractivity contribution is -0.140. The minimum Gasteiger partial charge on any atom is -0.459 e. The predicted octanol–water partition coefficient (Wildman–Crippen LogP) is 3.68. The van der Waals surface area contributed by atoms with Crippen molar-refractivity contribution in [3.8, 4) is 0 Å². The van der Waals surface area contributed by atoms with E-state index in [2.05, 4.69) is 24.5 Å². The summed E-state index contributed by atoms with van der Waals surface area (Å²) >= 11 is 0. The molecule has 2 N–H and O–H groups in total. The summed E-state index contributed by atoms with van der Waals surface area (Å²) in [7, 11) is 0. The van der Waals surface area contributed by atoms with E-state index >= 15 is 0 Å². The van der Waals surface area contributed by atoms with Crippen molar-refractivity contribution in [1.82, 2.24) is 15.5 Å². The predicted molar refractivity (Wildman–Crippen MR) is 122 cm³/mol. The molecule has 172 valence electrons. The molecule has 1 fully saturated rings. The van der Waals surface area contributed by atoms with Gasteiger partial charge in [0.15, 0.2) is 5.76 Å². The van der Waals surface area contributed by atoms with Crippen molar-refractivity contribution in [2.45, 2.75) is 58.0 Å². The molecule has 0 saturated heterocycles. The first kappa shape index (κ1) is 23.6. The third-order valence-electron chi connectivity index (χ3n) is 5.79. The number of carbonyl (C=O) groups is 3. The highest BCUT2D eigenvalue weighted by atomic mass is 16.3. The van der Waals surface area contributed by atoms with Crippen LogP contribution < -0.4 is 10.6 Å². The van der Waals surface area contributed by atoms with Gasteiger partial charge in [-0.15, -0.1) is 0 Å². The van der Waals surface area contributed by atoms with Crippen LogP contribution in [-0.2, 0) is 9.59 Å². The molecule has 3 amide bonds. The highest BCUT2D eigenvalue weighted by Gasteiger charge is 2.33. The molecular formula is C25H33N3O4. The molecule has 2 aromatic rings. The van der Waals surface area contributed by atoms with E-state index in [-0.39, 0.29) is 30.2 Å². The molecular weight excluding hydrogens is 406 g/mol. The van der Waals surface area contributed by atoms with Gasteiger partial charge in [0.1, 0.15) is 6.04 Å². The van der Waals surface area contributed by atoms with Crippen LogP contribution in [0.5, 0.6) is 0 Å². The fourth-order valence-electron chi connectivity index (χ4n) is 4.01. The van der Waals surface area contributed by atoms with Gasteiger partial charge in [0.25, 0.3) is 5.91 Å². The van der Waals surface area contributed by atoms with Crippen molar-refractivity contribution in [2.75, 3.05) is 13.1 Å². The molecule has 1 aliphatic rings. The molecule has 1 aromatic heterocycles. The topological polar surface area (TPSA) is 91.7 Å². The first-order valence-electron chi connectivity index (χ1n) is 11.4. The maximum Gasteiger partial charge on any atom is 0.287 e. The zero-order valence-corrected chi connectivity index (χ0v) is 18.9. The van der Waals surface area contributed by atoms with E-state index in [4.69, 9.17) is 4.42 Å². The first-order chi connectivity index (χ1) is 15.5. The van der Waals surface area contributed by atoms with Crippen molar-refractivity contribution >= 4 is 17.7 Å². The lowest BCUT2D eigenvalue weighted by Gasteiger charge is -2.33. The molecule has 1 unspecified atom stereocenters. The van der Waals surface area contributed by atoms with Crippen molar-refractivity contribution in [2.24, 2.45) is 5.92 Å². The van der Waals surface area contributed by atoms with Gasteiger partial charge in [-0.3, -0.25) is 14.4 Å². The van der Waals surface area contributed by atoms with Crippen LogP contribution in [0.1, 0.15) is 68.1 Å². The van der Waals surface area contributed by atoms with Gasteiger partial charge < -0.3 is 20.0 Å². The molecule has 1 atom stereocenters. The van der Waals surface area contributed by atoms with Crippen LogP contribution in [0, 0.1) is 5.92 Å². The maximum atomic E-state index is 13.4. The molecule has 7 heteroatoms. The molecule has 0 radical (unpaired) electrons. The van der Waals surface area contributed by atoms with E-state index in [1.165, 1.54) is 12.3 Å². The number of hydrogen-bond donors (Lipinski definition) is 2. The van der Waals surface area contributed by atoms with Crippen molar-refractivity contribution in [3.63, 3.8) is 0 Å². The molecule has 1 saturated carbocycles. The fourth-order valence-corrected chi connectivity index (χ4v) is 4.01. The molecule has 1 aliphatic carbocycles. The van der Waals surface area contributed by atoms with Gasteiger partial charge in [0, 0.05) is 12.6 Å². The lowest BCUT2D eigenvalue weighted by Crippen LogP contribution is -2.49. The van der Waals surface area contributed by atoms with Gasteiger partial charge >= 0.3 is 0 Å². The van der Waals surface area contributed by atoms with Crippen LogP contribution >= 0.6 is 0 Å². The Morgan fingerprint density at radius 2 is 1.78 bits per heavy atom. The number of furan rings is 1. The summed E-state index contributed by atoms with van der Waals surface area (Å²) in [5.41, 5.74) is 0.762. The number of nitrogens with one attached hydrogen (secondary N) is 2. The van der Waals surface area contributed by atoms with E-state index in [0.717, 1.165) is 37.7 Å². The SMILES string of the molecule is CC(C)CCN(C(=O)CNC(=O)c1ccco1)C(C(=O)NC1CCCC1)c1ccccc1. The minimum absolute atomic E-state index is 0.144. The molecule has 7 nitrogen and oxygen atoms in total. The Morgan fingerprint density at radius 1 is 1.06 bits per heavy atom. The van der Waals surface area contributed by atoms with Crippen LogP contribution in [0.2, 0.25) is 0 Å². The monoisotopic (exact) mass is 439 g/mol. The lowest BCUT2D eigenvalue weighted by atomic mass is 10.0. The summed E-state index contributed by atoms with van der Waals surface area (Å²) in [6, 6.07) is 11.9. The number of hydrogen-bond acceptors (Lipinski definition) is 4. The van der Waals surface area contributed by atoms with E-state index in [1.54, 1.807) is 11.0 Å². The van der Waals surface area contributed by atoms with Gasteiger partial charge in [0.05, 0.1) is 12.8 Å². The van der Waals surface area contributed by atoms with Crippen molar-refractivity contribution in [1.29, 1.82) is 0 Å². The molecule has 32 heavy (non-hydrogen) atoms. The minimum atomic E-state index is -0.747. The number of amides is 3. The Kier molecular flexibility index (Phi) is 8.48. The second-order valence-corrected chi connectivity index (χ2v) is 8.73. The standard InChI is InChI=1S/C25H33N3O4/c1-18(2)14-15-28(22(29)17-26-24(30)21-13-8-16-32-21)23(19-9-4-3-5-10-19)25(31)27-20-11-6-7-12-20/h3-5,8-10,13,16,18,20,23H,6-7,11-12,14-15,17H2,1-2H3,(H,26,30)(H,27,31). The van der Waals surface area contributed by atoms with Crippen LogP contribution in [0.3, 0.4) is 0 Å². The smallest absolute Gasteiger partial charge is 0.287 e. The van der Waals surface area contributed by atoms with Crippen molar-refractivity contribution in [3.05, 3.63) is 60.1 Å². The van der Waals surface area contributed by atoms with Crippen molar-refractivity contribution < 1.29 is 18.8 Å². The third-order valence-corrected chi connectivity index (χ3v) is 5.79. The van der Waals surface area contributed by atoms with Crippen LogP contribution in [0.25, 0.3) is 0 Å². The zero-order chi connectivity index (χ0) is 22.9. The summed E-state index contributed by atoms with van der Waals surface area (Å²) in [4.78, 5) is 40.5. The second kappa shape index (κ2) is 11.5. The van der Waals surface area contributed by atoms with Crippen LogP contribution in [0.4, 0.5) is 0 Å². The summed E-state index contributed by atoms with van der Waals surface area (Å²) in [6.45, 7) is 4.37. The average molecular weight is 440 g/mol. The average Bonchev–Trinajstić information content (AvgIpc) is 3.49. The molecule has 1 heterocycles. The Hall–Kier alpha value is -3.09. The molecule has 1 aromatic carbocycles. The van der Waals surface area contributed by atoms with Gasteiger partial charge in [0.2, 0.25) is 11.8 Å². The molecule has 0 spiro atoms. The Balaban J connectivity index is 1.80. The van der Waals surface area contributed by atoms with E-state index in [1.807, 2.05) is 30.3 Å². The molecule has 3 rings (SSSR count). The Labute approximate surface area is 189 Å². The normalized spacial score (nSPS) is 14.8. The molecule has 0 aliphatic heterocycles. The van der Waals surface area contributed by atoms with Gasteiger partial charge in [-0.1, -0.05) is 57.0 Å². The second-order valence-electron chi connectivity index (χ2n) is 8.73. The number of carbonyl (C=O) groups excluding carboxylic acids is 3. The third kappa shape index (κ3) is 6.45. The van der Waals surface area contributed by atoms with Crippen LogP contribution in [-0.4, -0.2) is 41.8 Å².